The van der Waals surface area contributed by atoms with Crippen LogP contribution in [0.1, 0.15) is 41.6 Å². The summed E-state index contributed by atoms with van der Waals surface area (Å²) in [5, 5.41) is 2.72. The van der Waals surface area contributed by atoms with E-state index in [4.69, 9.17) is 0 Å². The fraction of sp³-hybridized carbons (Fsp3) is 0.286. The Morgan fingerprint density at radius 3 is 2.16 bits per heavy atom. The van der Waals surface area contributed by atoms with Crippen LogP contribution in [0.5, 0.6) is 0 Å². The normalized spacial score (nSPS) is 14.1. The van der Waals surface area contributed by atoms with E-state index < -0.39 is 28.3 Å². The van der Waals surface area contributed by atoms with Gasteiger partial charge in [-0.1, -0.05) is 42.7 Å². The van der Waals surface area contributed by atoms with E-state index in [0.717, 1.165) is 47.7 Å². The predicted octanol–water partition coefficient (Wildman–Crippen LogP) is 4.98. The minimum absolute atomic E-state index is 0.00645. The maximum atomic E-state index is 13.6. The van der Waals surface area contributed by atoms with Crippen molar-refractivity contribution < 1.29 is 22.4 Å². The van der Waals surface area contributed by atoms with Gasteiger partial charge in [-0.15, -0.1) is 0 Å². The number of likely N-dealkylation sites (tertiary alicyclic amines) is 1. The lowest BCUT2D eigenvalue weighted by molar-refractivity contribution is -0.114. The van der Waals surface area contributed by atoms with Crippen LogP contribution in [0.25, 0.3) is 0 Å². The Bertz CT molecular complexity index is 1350. The third-order valence-electron chi connectivity index (χ3n) is 6.34. The first-order valence-electron chi connectivity index (χ1n) is 12.3. The maximum Gasteiger partial charge on any atom is 0.264 e. The Hall–Kier alpha value is -3.72. The molecule has 1 aliphatic heterocycles. The molecule has 0 unspecified atom stereocenters. The predicted molar refractivity (Wildman–Crippen MR) is 142 cm³/mol. The molecule has 7 nitrogen and oxygen atoms in total. The highest BCUT2D eigenvalue weighted by Crippen LogP contribution is 2.25. The van der Waals surface area contributed by atoms with Crippen LogP contribution in [-0.4, -0.2) is 44.8 Å². The second kappa shape index (κ2) is 11.6. The van der Waals surface area contributed by atoms with Crippen LogP contribution in [0.4, 0.5) is 15.8 Å². The molecule has 1 heterocycles. The number of nitrogens with zero attached hydrogens (tertiary/aromatic N) is 2. The zero-order valence-electron chi connectivity index (χ0n) is 20.7. The summed E-state index contributed by atoms with van der Waals surface area (Å²) in [5.74, 6) is -1.32. The minimum Gasteiger partial charge on any atom is -0.339 e. The van der Waals surface area contributed by atoms with Crippen molar-refractivity contribution in [2.24, 2.45) is 0 Å². The van der Waals surface area contributed by atoms with Crippen molar-refractivity contribution in [3.8, 4) is 0 Å². The zero-order valence-corrected chi connectivity index (χ0v) is 21.5. The molecule has 0 radical (unpaired) electrons. The minimum atomic E-state index is -4.14. The molecule has 1 aliphatic rings. The fourth-order valence-corrected chi connectivity index (χ4v) is 5.72. The van der Waals surface area contributed by atoms with E-state index in [0.29, 0.717) is 24.3 Å². The van der Waals surface area contributed by atoms with E-state index in [1.807, 2.05) is 6.92 Å². The van der Waals surface area contributed by atoms with Crippen molar-refractivity contribution in [2.75, 3.05) is 29.3 Å². The van der Waals surface area contributed by atoms with Gasteiger partial charge in [-0.25, -0.2) is 12.8 Å². The van der Waals surface area contributed by atoms with Gasteiger partial charge in [0.15, 0.2) is 0 Å². The van der Waals surface area contributed by atoms with Crippen LogP contribution < -0.4 is 9.62 Å². The van der Waals surface area contributed by atoms with Crippen LogP contribution in [0.2, 0.25) is 0 Å². The number of nitrogens with one attached hydrogen (secondary N) is 1. The summed E-state index contributed by atoms with van der Waals surface area (Å²) in [4.78, 5) is 28.2. The summed E-state index contributed by atoms with van der Waals surface area (Å²) in [7, 11) is -4.14. The first-order chi connectivity index (χ1) is 17.8. The van der Waals surface area contributed by atoms with Crippen molar-refractivity contribution in [3.63, 3.8) is 0 Å². The third-order valence-corrected chi connectivity index (χ3v) is 8.12. The SMILES string of the molecule is Cc1ccc(S(=O)(=O)N(CC(=O)Nc2ccccc2C(=O)N2CCCCCC2)c2ccc(F)cc2)cc1. The number of hydrogen-bond acceptors (Lipinski definition) is 4. The van der Waals surface area contributed by atoms with Gasteiger partial charge in [0.2, 0.25) is 5.91 Å². The summed E-state index contributed by atoms with van der Waals surface area (Å²) in [6, 6.07) is 17.9. The number of carbonyl (C=O) groups excluding carboxylic acids is 2. The largest absolute Gasteiger partial charge is 0.339 e. The number of carbonyl (C=O) groups is 2. The molecule has 9 heteroatoms. The van der Waals surface area contributed by atoms with Gasteiger partial charge in [0.1, 0.15) is 12.4 Å². The van der Waals surface area contributed by atoms with Gasteiger partial charge in [0.25, 0.3) is 15.9 Å². The topological polar surface area (TPSA) is 86.8 Å². The van der Waals surface area contributed by atoms with Gasteiger partial charge in [0.05, 0.1) is 21.8 Å². The van der Waals surface area contributed by atoms with Gasteiger partial charge in [0, 0.05) is 13.1 Å². The molecule has 1 fully saturated rings. The molecule has 0 saturated carbocycles. The maximum absolute atomic E-state index is 13.6. The van der Waals surface area contributed by atoms with Gasteiger partial charge in [-0.3, -0.25) is 13.9 Å². The number of aryl methyl sites for hydroxylation is 1. The zero-order chi connectivity index (χ0) is 26.4. The third kappa shape index (κ3) is 6.35. The van der Waals surface area contributed by atoms with Crippen LogP contribution in [-0.2, 0) is 14.8 Å². The van der Waals surface area contributed by atoms with Crippen LogP contribution in [0, 0.1) is 12.7 Å². The van der Waals surface area contributed by atoms with Crippen LogP contribution in [0.3, 0.4) is 0 Å². The van der Waals surface area contributed by atoms with E-state index in [1.165, 1.54) is 24.3 Å². The summed E-state index contributed by atoms with van der Waals surface area (Å²) in [5.41, 5.74) is 1.70. The molecule has 3 aromatic carbocycles. The first-order valence-corrected chi connectivity index (χ1v) is 13.7. The van der Waals surface area contributed by atoms with Crippen LogP contribution in [0.15, 0.2) is 77.7 Å². The Morgan fingerprint density at radius 1 is 0.892 bits per heavy atom. The monoisotopic (exact) mass is 523 g/mol. The van der Waals surface area contributed by atoms with E-state index in [2.05, 4.69) is 5.32 Å². The summed E-state index contributed by atoms with van der Waals surface area (Å²) >= 11 is 0. The van der Waals surface area contributed by atoms with Crippen molar-refractivity contribution in [1.29, 1.82) is 0 Å². The van der Waals surface area contributed by atoms with Crippen LogP contribution >= 0.6 is 0 Å². The molecule has 0 aliphatic carbocycles. The number of para-hydroxylation sites is 1. The number of benzene rings is 3. The highest BCUT2D eigenvalue weighted by molar-refractivity contribution is 7.92. The highest BCUT2D eigenvalue weighted by Gasteiger charge is 2.28. The van der Waals surface area contributed by atoms with E-state index >= 15 is 0 Å². The number of hydrogen-bond donors (Lipinski definition) is 1. The van der Waals surface area contributed by atoms with E-state index in [9.17, 15) is 22.4 Å². The second-order valence-corrected chi connectivity index (χ2v) is 11.0. The van der Waals surface area contributed by atoms with Gasteiger partial charge >= 0.3 is 0 Å². The van der Waals surface area contributed by atoms with Crippen molar-refractivity contribution in [2.45, 2.75) is 37.5 Å². The Kier molecular flexibility index (Phi) is 8.23. The lowest BCUT2D eigenvalue weighted by atomic mass is 10.1. The molecule has 4 rings (SSSR count). The lowest BCUT2D eigenvalue weighted by Crippen LogP contribution is -2.38. The van der Waals surface area contributed by atoms with Gasteiger partial charge in [-0.05, 0) is 68.3 Å². The van der Waals surface area contributed by atoms with Gasteiger partial charge < -0.3 is 10.2 Å². The highest BCUT2D eigenvalue weighted by atomic mass is 32.2. The summed E-state index contributed by atoms with van der Waals surface area (Å²) in [6.45, 7) is 2.60. The number of rotatable bonds is 7. The Morgan fingerprint density at radius 2 is 1.51 bits per heavy atom. The second-order valence-electron chi connectivity index (χ2n) is 9.10. The molecule has 1 saturated heterocycles. The smallest absolute Gasteiger partial charge is 0.264 e. The average Bonchev–Trinajstić information content (AvgIpc) is 3.18. The average molecular weight is 524 g/mol. The quantitative estimate of drug-likeness (QED) is 0.473. The standard InChI is InChI=1S/C28H30FN3O4S/c1-21-10-16-24(17-11-21)37(35,36)32(23-14-12-22(29)13-15-23)20-27(33)30-26-9-5-4-8-25(26)28(34)31-18-6-2-3-7-19-31/h4-5,8-17H,2-3,6-7,18-20H2,1H3,(H,30,33). The molecule has 0 aromatic heterocycles. The van der Waals surface area contributed by atoms with E-state index in [-0.39, 0.29) is 16.5 Å². The van der Waals surface area contributed by atoms with E-state index in [1.54, 1.807) is 41.3 Å². The molecule has 194 valence electrons. The van der Waals surface area contributed by atoms with Crippen molar-refractivity contribution >= 4 is 33.2 Å². The number of halogens is 1. The fourth-order valence-electron chi connectivity index (χ4n) is 4.30. The molecule has 2 amide bonds. The number of sulfonamides is 1. The molecular weight excluding hydrogens is 493 g/mol. The van der Waals surface area contributed by atoms with Gasteiger partial charge in [-0.2, -0.15) is 0 Å². The summed E-state index contributed by atoms with van der Waals surface area (Å²) in [6.07, 6.45) is 4.03. The summed E-state index contributed by atoms with van der Waals surface area (Å²) < 4.78 is 41.6. The Balaban J connectivity index is 1.60. The molecule has 0 spiro atoms. The van der Waals surface area contributed by atoms with Crippen molar-refractivity contribution in [1.82, 2.24) is 4.90 Å². The molecular formula is C28H30FN3O4S. The molecule has 1 N–H and O–H groups in total. The number of amides is 2. The molecule has 3 aromatic rings. The first kappa shape index (κ1) is 26.3. The molecule has 0 atom stereocenters. The lowest BCUT2D eigenvalue weighted by Gasteiger charge is -2.25. The molecule has 37 heavy (non-hydrogen) atoms. The van der Waals surface area contributed by atoms with Crippen molar-refractivity contribution in [3.05, 3.63) is 89.7 Å². The number of anilines is 2. The molecule has 0 bridgehead atoms. The Labute approximate surface area is 217 Å².